The highest BCUT2D eigenvalue weighted by atomic mass is 32.1. The molecule has 2 aromatic carbocycles. The van der Waals surface area contributed by atoms with Crippen LogP contribution >= 0.6 is 11.3 Å². The van der Waals surface area contributed by atoms with Gasteiger partial charge >= 0.3 is 0 Å². The summed E-state index contributed by atoms with van der Waals surface area (Å²) in [6, 6.07) is 18.6. The second-order valence-corrected chi connectivity index (χ2v) is 8.68. The van der Waals surface area contributed by atoms with E-state index in [1.54, 1.807) is 11.3 Å². The zero-order chi connectivity index (χ0) is 20.8. The largest absolute Gasteiger partial charge is 0.340 e. The summed E-state index contributed by atoms with van der Waals surface area (Å²) >= 11 is 1.66. The van der Waals surface area contributed by atoms with Crippen molar-refractivity contribution >= 4 is 23.3 Å². The van der Waals surface area contributed by atoms with Crippen molar-refractivity contribution in [3.05, 3.63) is 82.2 Å². The quantitative estimate of drug-likeness (QED) is 0.592. The Morgan fingerprint density at radius 3 is 2.43 bits per heavy atom. The summed E-state index contributed by atoms with van der Waals surface area (Å²) < 4.78 is 0. The first-order valence-corrected chi connectivity index (χ1v) is 11.3. The van der Waals surface area contributed by atoms with Gasteiger partial charge in [0.1, 0.15) is 0 Å². The maximum Gasteiger partial charge on any atom is 0.227 e. The zero-order valence-corrected chi connectivity index (χ0v) is 18.1. The molecule has 4 rings (SSSR count). The Kier molecular flexibility index (Phi) is 6.72. The van der Waals surface area contributed by atoms with E-state index in [1.807, 2.05) is 30.0 Å². The lowest BCUT2D eigenvalue weighted by molar-refractivity contribution is -0.132. The first kappa shape index (κ1) is 20.5. The van der Waals surface area contributed by atoms with Crippen molar-refractivity contribution in [2.45, 2.75) is 13.3 Å². The molecular formula is C25H27N3OS. The molecule has 1 saturated heterocycles. The van der Waals surface area contributed by atoms with Gasteiger partial charge in [0, 0.05) is 43.7 Å². The van der Waals surface area contributed by atoms with E-state index in [0.717, 1.165) is 54.6 Å². The number of carbonyl (C=O) groups is 1. The number of aryl methyl sites for hydroxylation is 1. The molecule has 1 amide bonds. The molecule has 1 aliphatic heterocycles. The molecule has 0 bridgehead atoms. The van der Waals surface area contributed by atoms with Crippen LogP contribution in [0.3, 0.4) is 0 Å². The van der Waals surface area contributed by atoms with Gasteiger partial charge in [-0.2, -0.15) is 0 Å². The molecule has 4 nitrogen and oxygen atoms in total. The average molecular weight is 418 g/mol. The summed E-state index contributed by atoms with van der Waals surface area (Å²) in [5.41, 5.74) is 4.40. The molecule has 0 atom stereocenters. The number of amides is 1. The van der Waals surface area contributed by atoms with E-state index in [-0.39, 0.29) is 5.91 Å². The van der Waals surface area contributed by atoms with E-state index in [2.05, 4.69) is 63.8 Å². The molecule has 3 aromatic rings. The number of nitrogens with zero attached hydrogens (tertiary/aromatic N) is 3. The fraction of sp³-hybridized carbons (Fsp3) is 0.280. The molecule has 154 valence electrons. The summed E-state index contributed by atoms with van der Waals surface area (Å²) in [6.07, 6.45) is 4.83. The van der Waals surface area contributed by atoms with Crippen molar-refractivity contribution in [1.29, 1.82) is 0 Å². The number of hydrogen-bond donors (Lipinski definition) is 0. The molecule has 0 unspecified atom stereocenters. The Labute approximate surface area is 182 Å². The summed E-state index contributed by atoms with van der Waals surface area (Å²) in [6.45, 7) is 6.39. The minimum absolute atomic E-state index is 0.215. The Hall–Kier alpha value is -2.76. The SMILES string of the molecule is Cc1nc(-c2ccc(CC(=O)N3CCN(C/C=C/c4ccccc4)CC3)cc2)cs1. The predicted molar refractivity (Wildman–Crippen MR) is 124 cm³/mol. The molecule has 5 heteroatoms. The first-order valence-electron chi connectivity index (χ1n) is 10.4. The van der Waals surface area contributed by atoms with Crippen LogP contribution in [0.1, 0.15) is 16.1 Å². The van der Waals surface area contributed by atoms with Crippen molar-refractivity contribution in [2.24, 2.45) is 0 Å². The Bertz CT molecular complexity index is 987. The van der Waals surface area contributed by atoms with Gasteiger partial charge < -0.3 is 4.90 Å². The van der Waals surface area contributed by atoms with Crippen molar-refractivity contribution in [3.63, 3.8) is 0 Å². The van der Waals surface area contributed by atoms with Gasteiger partial charge in [-0.15, -0.1) is 11.3 Å². The Morgan fingerprint density at radius 2 is 1.77 bits per heavy atom. The second kappa shape index (κ2) is 9.83. The molecular weight excluding hydrogens is 390 g/mol. The highest BCUT2D eigenvalue weighted by Gasteiger charge is 2.20. The number of rotatable bonds is 6. The number of thiazole rings is 1. The number of hydrogen-bond acceptors (Lipinski definition) is 4. The van der Waals surface area contributed by atoms with Crippen LogP contribution in [0.5, 0.6) is 0 Å². The highest BCUT2D eigenvalue weighted by Crippen LogP contribution is 2.22. The predicted octanol–water partition coefficient (Wildman–Crippen LogP) is 4.52. The molecule has 30 heavy (non-hydrogen) atoms. The first-order chi connectivity index (χ1) is 14.7. The lowest BCUT2D eigenvalue weighted by atomic mass is 10.1. The molecule has 0 aliphatic carbocycles. The van der Waals surface area contributed by atoms with Crippen LogP contribution in [0.25, 0.3) is 17.3 Å². The van der Waals surface area contributed by atoms with Gasteiger partial charge in [0.15, 0.2) is 0 Å². The summed E-state index contributed by atoms with van der Waals surface area (Å²) in [5, 5.41) is 3.14. The monoisotopic (exact) mass is 417 g/mol. The van der Waals surface area contributed by atoms with Crippen LogP contribution < -0.4 is 0 Å². The molecule has 1 aliphatic rings. The van der Waals surface area contributed by atoms with Gasteiger partial charge in [-0.05, 0) is 18.1 Å². The average Bonchev–Trinajstić information content (AvgIpc) is 3.22. The fourth-order valence-electron chi connectivity index (χ4n) is 3.66. The minimum Gasteiger partial charge on any atom is -0.340 e. The van der Waals surface area contributed by atoms with Crippen molar-refractivity contribution in [2.75, 3.05) is 32.7 Å². The number of aromatic nitrogens is 1. The van der Waals surface area contributed by atoms with Crippen LogP contribution in [0.4, 0.5) is 0 Å². The Balaban J connectivity index is 1.24. The summed E-state index contributed by atoms with van der Waals surface area (Å²) in [5.74, 6) is 0.215. The van der Waals surface area contributed by atoms with Gasteiger partial charge in [-0.3, -0.25) is 9.69 Å². The van der Waals surface area contributed by atoms with Gasteiger partial charge in [0.05, 0.1) is 17.1 Å². The summed E-state index contributed by atoms with van der Waals surface area (Å²) in [4.78, 5) is 21.6. The molecule has 1 aromatic heterocycles. The fourth-order valence-corrected chi connectivity index (χ4v) is 4.28. The standard InChI is InChI=1S/C25H27N3OS/c1-20-26-24(19-30-20)23-11-9-22(10-12-23)18-25(29)28-16-14-27(15-17-28)13-5-8-21-6-3-2-4-7-21/h2-12,19H,13-18H2,1H3/b8-5+. The molecule has 0 spiro atoms. The van der Waals surface area contributed by atoms with E-state index >= 15 is 0 Å². The van der Waals surface area contributed by atoms with Gasteiger partial charge in [0.2, 0.25) is 5.91 Å². The Morgan fingerprint density at radius 1 is 1.03 bits per heavy atom. The molecule has 0 radical (unpaired) electrons. The van der Waals surface area contributed by atoms with Crippen LogP contribution in [-0.4, -0.2) is 53.4 Å². The third-order valence-electron chi connectivity index (χ3n) is 5.42. The maximum absolute atomic E-state index is 12.7. The van der Waals surface area contributed by atoms with Crippen molar-refractivity contribution in [1.82, 2.24) is 14.8 Å². The van der Waals surface area contributed by atoms with E-state index in [9.17, 15) is 4.79 Å². The topological polar surface area (TPSA) is 36.4 Å². The minimum atomic E-state index is 0.215. The smallest absolute Gasteiger partial charge is 0.227 e. The molecule has 1 fully saturated rings. The number of benzene rings is 2. The lowest BCUT2D eigenvalue weighted by Crippen LogP contribution is -2.49. The third-order valence-corrected chi connectivity index (χ3v) is 6.20. The zero-order valence-electron chi connectivity index (χ0n) is 17.3. The van der Waals surface area contributed by atoms with E-state index in [0.29, 0.717) is 6.42 Å². The van der Waals surface area contributed by atoms with Crippen LogP contribution in [-0.2, 0) is 11.2 Å². The van der Waals surface area contributed by atoms with E-state index in [1.165, 1.54) is 5.56 Å². The van der Waals surface area contributed by atoms with Gasteiger partial charge in [0.25, 0.3) is 0 Å². The number of piperazine rings is 1. The molecule has 0 saturated carbocycles. The van der Waals surface area contributed by atoms with Gasteiger partial charge in [-0.1, -0.05) is 66.7 Å². The summed E-state index contributed by atoms with van der Waals surface area (Å²) in [7, 11) is 0. The van der Waals surface area contributed by atoms with Crippen LogP contribution in [0.15, 0.2) is 66.1 Å². The second-order valence-electron chi connectivity index (χ2n) is 7.62. The highest BCUT2D eigenvalue weighted by molar-refractivity contribution is 7.09. The number of carbonyl (C=O) groups excluding carboxylic acids is 1. The third kappa shape index (κ3) is 5.43. The molecule has 2 heterocycles. The lowest BCUT2D eigenvalue weighted by Gasteiger charge is -2.34. The van der Waals surface area contributed by atoms with E-state index < -0.39 is 0 Å². The molecule has 0 N–H and O–H groups in total. The van der Waals surface area contributed by atoms with Crippen molar-refractivity contribution < 1.29 is 4.79 Å². The van der Waals surface area contributed by atoms with E-state index in [4.69, 9.17) is 0 Å². The van der Waals surface area contributed by atoms with Crippen molar-refractivity contribution in [3.8, 4) is 11.3 Å². The maximum atomic E-state index is 12.7. The van der Waals surface area contributed by atoms with Gasteiger partial charge in [-0.25, -0.2) is 4.98 Å². The van der Waals surface area contributed by atoms with Crippen LogP contribution in [0.2, 0.25) is 0 Å². The van der Waals surface area contributed by atoms with Crippen LogP contribution in [0, 0.1) is 6.92 Å². The normalized spacial score (nSPS) is 15.0.